The summed E-state index contributed by atoms with van der Waals surface area (Å²) in [5.74, 6) is 0.447. The molecule has 0 heterocycles. The largest absolute Gasteiger partial charge is 0.330 e. The van der Waals surface area contributed by atoms with Crippen molar-refractivity contribution in [3.63, 3.8) is 0 Å². The van der Waals surface area contributed by atoms with E-state index in [0.29, 0.717) is 12.5 Å². The van der Waals surface area contributed by atoms with E-state index in [0.717, 1.165) is 25.7 Å². The molecule has 0 aromatic carbocycles. The Morgan fingerprint density at radius 3 is 2.12 bits per heavy atom. The molecule has 0 saturated heterocycles. The van der Waals surface area contributed by atoms with E-state index in [1.807, 2.05) is 12.1 Å². The summed E-state index contributed by atoms with van der Waals surface area (Å²) < 4.78 is 0. The SMILES string of the molecule is N#CCN(CC#N)C(=O)C1CCC(CN)CC1. The quantitative estimate of drug-likeness (QED) is 0.722. The molecule has 0 radical (unpaired) electrons. The lowest BCUT2D eigenvalue weighted by Crippen LogP contribution is -2.38. The molecule has 0 bridgehead atoms. The van der Waals surface area contributed by atoms with Gasteiger partial charge in [0, 0.05) is 5.92 Å². The summed E-state index contributed by atoms with van der Waals surface area (Å²) in [4.78, 5) is 13.4. The fraction of sp³-hybridized carbons (Fsp3) is 0.750. The van der Waals surface area contributed by atoms with Crippen molar-refractivity contribution in [3.8, 4) is 12.1 Å². The summed E-state index contributed by atoms with van der Waals surface area (Å²) in [6.07, 6.45) is 3.60. The Labute approximate surface area is 102 Å². The van der Waals surface area contributed by atoms with Crippen molar-refractivity contribution in [1.82, 2.24) is 4.90 Å². The van der Waals surface area contributed by atoms with E-state index in [1.165, 1.54) is 4.90 Å². The normalized spacial score (nSPS) is 23.5. The average Bonchev–Trinajstić information content (AvgIpc) is 2.38. The maximum Gasteiger partial charge on any atom is 0.227 e. The van der Waals surface area contributed by atoms with Gasteiger partial charge in [0.2, 0.25) is 5.91 Å². The highest BCUT2D eigenvalue weighted by atomic mass is 16.2. The number of nitrogens with two attached hydrogens (primary N) is 1. The average molecular weight is 234 g/mol. The van der Waals surface area contributed by atoms with Gasteiger partial charge in [0.05, 0.1) is 12.1 Å². The van der Waals surface area contributed by atoms with E-state index in [1.54, 1.807) is 0 Å². The third-order valence-electron chi connectivity index (χ3n) is 3.36. The highest BCUT2D eigenvalue weighted by Crippen LogP contribution is 2.29. The van der Waals surface area contributed by atoms with Crippen LogP contribution < -0.4 is 5.73 Å². The van der Waals surface area contributed by atoms with Crippen LogP contribution in [0.4, 0.5) is 0 Å². The number of carbonyl (C=O) groups is 1. The first-order valence-electron chi connectivity index (χ1n) is 5.95. The van der Waals surface area contributed by atoms with Crippen LogP contribution in [0.15, 0.2) is 0 Å². The number of nitriles is 2. The van der Waals surface area contributed by atoms with Crippen LogP contribution in [-0.2, 0) is 4.79 Å². The Morgan fingerprint density at radius 2 is 1.71 bits per heavy atom. The van der Waals surface area contributed by atoms with Crippen LogP contribution in [0.3, 0.4) is 0 Å². The molecule has 1 aliphatic carbocycles. The van der Waals surface area contributed by atoms with E-state index in [9.17, 15) is 4.79 Å². The predicted octanol–water partition coefficient (Wildman–Crippen LogP) is 0.627. The number of rotatable bonds is 4. The minimum atomic E-state index is -0.0522. The smallest absolute Gasteiger partial charge is 0.227 e. The van der Waals surface area contributed by atoms with Crippen molar-refractivity contribution in [3.05, 3.63) is 0 Å². The molecular formula is C12H18N4O. The number of hydrogen-bond donors (Lipinski definition) is 1. The van der Waals surface area contributed by atoms with Gasteiger partial charge >= 0.3 is 0 Å². The Bertz CT molecular complexity index is 317. The standard InChI is InChI=1S/C12H18N4O/c13-5-7-16(8-6-14)12(17)11-3-1-10(9-15)2-4-11/h10-11H,1-4,7-9,15H2. The molecule has 0 aromatic heterocycles. The number of amides is 1. The van der Waals surface area contributed by atoms with Crippen molar-refractivity contribution < 1.29 is 4.79 Å². The summed E-state index contributed by atoms with van der Waals surface area (Å²) in [6, 6.07) is 3.85. The highest BCUT2D eigenvalue weighted by molar-refractivity contribution is 5.79. The monoisotopic (exact) mass is 234 g/mol. The molecule has 1 saturated carbocycles. The van der Waals surface area contributed by atoms with Crippen LogP contribution in [0, 0.1) is 34.5 Å². The van der Waals surface area contributed by atoms with E-state index in [-0.39, 0.29) is 24.9 Å². The van der Waals surface area contributed by atoms with E-state index in [2.05, 4.69) is 0 Å². The van der Waals surface area contributed by atoms with Crippen molar-refractivity contribution in [2.75, 3.05) is 19.6 Å². The first-order valence-corrected chi connectivity index (χ1v) is 5.95. The fourth-order valence-corrected chi connectivity index (χ4v) is 2.29. The summed E-state index contributed by atoms with van der Waals surface area (Å²) in [5.41, 5.74) is 5.60. The second kappa shape index (κ2) is 6.88. The lowest BCUT2D eigenvalue weighted by atomic mass is 9.81. The van der Waals surface area contributed by atoms with Gasteiger partial charge in [-0.1, -0.05) is 0 Å². The molecule has 5 heteroatoms. The zero-order valence-electron chi connectivity index (χ0n) is 9.93. The highest BCUT2D eigenvalue weighted by Gasteiger charge is 2.28. The molecule has 92 valence electrons. The summed E-state index contributed by atoms with van der Waals surface area (Å²) in [5, 5.41) is 17.2. The van der Waals surface area contributed by atoms with Gasteiger partial charge in [0.1, 0.15) is 13.1 Å². The first kappa shape index (κ1) is 13.5. The minimum Gasteiger partial charge on any atom is -0.330 e. The first-order chi connectivity index (χ1) is 8.22. The van der Waals surface area contributed by atoms with Gasteiger partial charge in [-0.3, -0.25) is 4.79 Å². The van der Waals surface area contributed by atoms with Crippen molar-refractivity contribution in [2.24, 2.45) is 17.6 Å². The molecule has 1 amide bonds. The molecule has 1 aliphatic rings. The molecule has 0 aliphatic heterocycles. The van der Waals surface area contributed by atoms with Crippen molar-refractivity contribution >= 4 is 5.91 Å². The van der Waals surface area contributed by atoms with Gasteiger partial charge in [0.25, 0.3) is 0 Å². The number of nitrogens with zero attached hydrogens (tertiary/aromatic N) is 3. The van der Waals surface area contributed by atoms with Gasteiger partial charge in [-0.05, 0) is 38.1 Å². The second-order valence-corrected chi connectivity index (χ2v) is 4.46. The van der Waals surface area contributed by atoms with Gasteiger partial charge in [-0.2, -0.15) is 10.5 Å². The lowest BCUT2D eigenvalue weighted by molar-refractivity contribution is -0.135. The topological polar surface area (TPSA) is 93.9 Å². The Kier molecular flexibility index (Phi) is 5.45. The van der Waals surface area contributed by atoms with Crippen LogP contribution in [-0.4, -0.2) is 30.4 Å². The van der Waals surface area contributed by atoms with Gasteiger partial charge in [0.15, 0.2) is 0 Å². The molecular weight excluding hydrogens is 216 g/mol. The maximum atomic E-state index is 12.1. The van der Waals surface area contributed by atoms with Crippen molar-refractivity contribution in [1.29, 1.82) is 10.5 Å². The molecule has 0 aromatic rings. The van der Waals surface area contributed by atoms with Crippen LogP contribution in [0.2, 0.25) is 0 Å². The van der Waals surface area contributed by atoms with E-state index < -0.39 is 0 Å². The summed E-state index contributed by atoms with van der Waals surface area (Å²) in [7, 11) is 0. The molecule has 0 atom stereocenters. The Morgan fingerprint density at radius 1 is 1.18 bits per heavy atom. The van der Waals surface area contributed by atoms with Crippen LogP contribution >= 0.6 is 0 Å². The van der Waals surface area contributed by atoms with E-state index >= 15 is 0 Å². The third-order valence-corrected chi connectivity index (χ3v) is 3.36. The lowest BCUT2D eigenvalue weighted by Gasteiger charge is -2.29. The molecule has 0 unspecified atom stereocenters. The van der Waals surface area contributed by atoms with Crippen molar-refractivity contribution in [2.45, 2.75) is 25.7 Å². The fourth-order valence-electron chi connectivity index (χ4n) is 2.29. The van der Waals surface area contributed by atoms with Gasteiger partial charge < -0.3 is 10.6 Å². The molecule has 0 spiro atoms. The van der Waals surface area contributed by atoms with Gasteiger partial charge in [-0.15, -0.1) is 0 Å². The number of carbonyl (C=O) groups excluding carboxylic acids is 1. The Hall–Kier alpha value is -1.59. The molecule has 1 rings (SSSR count). The molecule has 1 fully saturated rings. The van der Waals surface area contributed by atoms with E-state index in [4.69, 9.17) is 16.3 Å². The summed E-state index contributed by atoms with van der Waals surface area (Å²) >= 11 is 0. The predicted molar refractivity (Wildman–Crippen MR) is 62.3 cm³/mol. The van der Waals surface area contributed by atoms with Crippen LogP contribution in [0.1, 0.15) is 25.7 Å². The zero-order valence-corrected chi connectivity index (χ0v) is 9.93. The minimum absolute atomic E-state index is 0.00319. The van der Waals surface area contributed by atoms with Crippen LogP contribution in [0.25, 0.3) is 0 Å². The molecule has 17 heavy (non-hydrogen) atoms. The molecule has 5 nitrogen and oxygen atoms in total. The number of hydrogen-bond acceptors (Lipinski definition) is 4. The summed E-state index contributed by atoms with van der Waals surface area (Å²) in [6.45, 7) is 0.688. The second-order valence-electron chi connectivity index (χ2n) is 4.46. The maximum absolute atomic E-state index is 12.1. The third kappa shape index (κ3) is 3.72. The molecule has 2 N–H and O–H groups in total. The van der Waals surface area contributed by atoms with Crippen LogP contribution in [0.5, 0.6) is 0 Å². The Balaban J connectivity index is 2.52. The zero-order chi connectivity index (χ0) is 12.7. The van der Waals surface area contributed by atoms with Gasteiger partial charge in [-0.25, -0.2) is 0 Å².